The second-order valence-electron chi connectivity index (χ2n) is 4.47. The van der Waals surface area contributed by atoms with Crippen LogP contribution in [-0.4, -0.2) is 26.2 Å². The molecule has 0 bridgehead atoms. The highest BCUT2D eigenvalue weighted by Crippen LogP contribution is 2.30. The highest BCUT2D eigenvalue weighted by Gasteiger charge is 2.27. The predicted octanol–water partition coefficient (Wildman–Crippen LogP) is 2.39. The van der Waals surface area contributed by atoms with Crippen molar-refractivity contribution in [2.24, 2.45) is 0 Å². The summed E-state index contributed by atoms with van der Waals surface area (Å²) in [5.74, 6) is 0.137. The van der Waals surface area contributed by atoms with E-state index in [-0.39, 0.29) is 5.82 Å². The Morgan fingerprint density at radius 2 is 1.95 bits per heavy atom. The molecule has 1 aromatic carbocycles. The van der Waals surface area contributed by atoms with Crippen LogP contribution >= 0.6 is 0 Å². The molecule has 0 radical (unpaired) electrons. The number of anilines is 1. The molecular weight excluding hydrogens is 291 g/mol. The molecule has 5 nitrogen and oxygen atoms in total. The number of halogens is 1. The van der Waals surface area contributed by atoms with Gasteiger partial charge in [0.15, 0.2) is 4.90 Å². The van der Waals surface area contributed by atoms with Gasteiger partial charge in [-0.1, -0.05) is 0 Å². The lowest BCUT2D eigenvalue weighted by molar-refractivity contribution is 0.594. The Kier molecular flexibility index (Phi) is 3.52. The van der Waals surface area contributed by atoms with Crippen LogP contribution in [-0.2, 0) is 11.2 Å². The molecule has 3 aromatic rings. The van der Waals surface area contributed by atoms with E-state index in [9.17, 15) is 8.94 Å². The topological polar surface area (TPSA) is 65.3 Å². The lowest BCUT2D eigenvalue weighted by atomic mass is 10.4. The van der Waals surface area contributed by atoms with Crippen molar-refractivity contribution in [1.82, 2.24) is 14.6 Å². The van der Waals surface area contributed by atoms with Gasteiger partial charge in [-0.25, -0.2) is 13.9 Å². The minimum atomic E-state index is -1.49. The summed E-state index contributed by atoms with van der Waals surface area (Å²) < 4.78 is 27.4. The molecular formula is C14H13FN4OS. The maximum atomic E-state index is 13.0. The SMILES string of the molecule is CNc1nn2c(C)ccnc2c1[S+]([O-])c1ccc(F)cc1. The second-order valence-corrected chi connectivity index (χ2v) is 5.89. The monoisotopic (exact) mass is 304 g/mol. The number of hydrogen-bond acceptors (Lipinski definition) is 4. The summed E-state index contributed by atoms with van der Waals surface area (Å²) in [5.41, 5.74) is 1.42. The zero-order valence-electron chi connectivity index (χ0n) is 11.5. The van der Waals surface area contributed by atoms with Gasteiger partial charge >= 0.3 is 0 Å². The molecule has 1 unspecified atom stereocenters. The zero-order valence-corrected chi connectivity index (χ0v) is 12.3. The molecule has 0 aliphatic carbocycles. The van der Waals surface area contributed by atoms with Crippen molar-refractivity contribution >= 4 is 22.6 Å². The van der Waals surface area contributed by atoms with E-state index in [1.54, 1.807) is 17.8 Å². The molecule has 0 aliphatic rings. The van der Waals surface area contributed by atoms with E-state index in [4.69, 9.17) is 0 Å². The van der Waals surface area contributed by atoms with Crippen LogP contribution in [0.15, 0.2) is 46.3 Å². The lowest BCUT2D eigenvalue weighted by Crippen LogP contribution is -2.05. The summed E-state index contributed by atoms with van der Waals surface area (Å²) in [6, 6.07) is 7.41. The molecule has 1 N–H and O–H groups in total. The van der Waals surface area contributed by atoms with E-state index >= 15 is 0 Å². The standard InChI is InChI=1S/C14H13FN4OS/c1-9-7-8-17-14-12(13(16-2)18-19(9)14)21(20)11-5-3-10(15)4-6-11/h3-8H,1-2H3,(H,16,18). The molecule has 0 aliphatic heterocycles. The van der Waals surface area contributed by atoms with Gasteiger partial charge in [0, 0.05) is 30.1 Å². The van der Waals surface area contributed by atoms with Crippen molar-refractivity contribution in [2.45, 2.75) is 16.7 Å². The van der Waals surface area contributed by atoms with Gasteiger partial charge in [0.25, 0.3) is 0 Å². The first-order chi connectivity index (χ1) is 10.1. The lowest BCUT2D eigenvalue weighted by Gasteiger charge is -2.09. The first kappa shape index (κ1) is 13.8. The number of aryl methyl sites for hydroxylation is 1. The fourth-order valence-corrected chi connectivity index (χ4v) is 3.29. The van der Waals surface area contributed by atoms with E-state index in [1.165, 1.54) is 24.3 Å². The molecule has 1 atom stereocenters. The molecule has 108 valence electrons. The molecule has 21 heavy (non-hydrogen) atoms. The Balaban J connectivity index is 2.18. The summed E-state index contributed by atoms with van der Waals surface area (Å²) in [5, 5.41) is 7.31. The van der Waals surface area contributed by atoms with E-state index in [0.29, 0.717) is 21.3 Å². The number of hydrogen-bond donors (Lipinski definition) is 1. The van der Waals surface area contributed by atoms with Gasteiger partial charge in [-0.05, 0) is 37.3 Å². The highest BCUT2D eigenvalue weighted by atomic mass is 32.2. The normalized spacial score (nSPS) is 12.6. The van der Waals surface area contributed by atoms with Crippen LogP contribution in [0.25, 0.3) is 5.65 Å². The Morgan fingerprint density at radius 3 is 2.62 bits per heavy atom. The van der Waals surface area contributed by atoms with Crippen LogP contribution < -0.4 is 5.32 Å². The second kappa shape index (κ2) is 5.34. The van der Waals surface area contributed by atoms with Gasteiger partial charge < -0.3 is 9.87 Å². The number of fused-ring (bicyclic) bond motifs is 1. The minimum Gasteiger partial charge on any atom is -0.606 e. The Morgan fingerprint density at radius 1 is 1.24 bits per heavy atom. The van der Waals surface area contributed by atoms with Crippen molar-refractivity contribution in [2.75, 3.05) is 12.4 Å². The smallest absolute Gasteiger partial charge is 0.247 e. The molecule has 3 rings (SSSR count). The van der Waals surface area contributed by atoms with Gasteiger partial charge in [-0.2, -0.15) is 0 Å². The summed E-state index contributed by atoms with van der Waals surface area (Å²) >= 11 is -1.49. The summed E-state index contributed by atoms with van der Waals surface area (Å²) in [6.07, 6.45) is 1.65. The van der Waals surface area contributed by atoms with Crippen LogP contribution in [0, 0.1) is 12.7 Å². The van der Waals surface area contributed by atoms with Gasteiger partial charge in [-0.15, -0.1) is 5.10 Å². The summed E-state index contributed by atoms with van der Waals surface area (Å²) in [7, 11) is 1.71. The van der Waals surface area contributed by atoms with Gasteiger partial charge in [0.1, 0.15) is 5.82 Å². The summed E-state index contributed by atoms with van der Waals surface area (Å²) in [4.78, 5) is 5.27. The largest absolute Gasteiger partial charge is 0.606 e. The maximum Gasteiger partial charge on any atom is 0.247 e. The van der Waals surface area contributed by atoms with E-state index in [0.717, 1.165) is 5.69 Å². The average Bonchev–Trinajstić information content (AvgIpc) is 2.87. The van der Waals surface area contributed by atoms with Crippen LogP contribution in [0.2, 0.25) is 0 Å². The fraction of sp³-hybridized carbons (Fsp3) is 0.143. The van der Waals surface area contributed by atoms with Crippen molar-refractivity contribution in [3.63, 3.8) is 0 Å². The predicted molar refractivity (Wildman–Crippen MR) is 78.3 cm³/mol. The molecule has 0 saturated carbocycles. The number of nitrogens with one attached hydrogen (secondary N) is 1. The number of aromatic nitrogens is 3. The van der Waals surface area contributed by atoms with Gasteiger partial charge in [0.2, 0.25) is 16.4 Å². The Hall–Kier alpha value is -2.12. The van der Waals surface area contributed by atoms with E-state index in [2.05, 4.69) is 15.4 Å². The van der Waals surface area contributed by atoms with Crippen molar-refractivity contribution < 1.29 is 8.94 Å². The van der Waals surface area contributed by atoms with Crippen molar-refractivity contribution in [3.05, 3.63) is 48.0 Å². The maximum absolute atomic E-state index is 13.0. The minimum absolute atomic E-state index is 0.363. The molecule has 0 saturated heterocycles. The van der Waals surface area contributed by atoms with Crippen molar-refractivity contribution in [1.29, 1.82) is 0 Å². The molecule has 0 spiro atoms. The molecule has 0 fully saturated rings. The third-order valence-electron chi connectivity index (χ3n) is 3.12. The molecule has 2 heterocycles. The number of rotatable bonds is 3. The van der Waals surface area contributed by atoms with E-state index < -0.39 is 11.2 Å². The fourth-order valence-electron chi connectivity index (χ4n) is 2.05. The van der Waals surface area contributed by atoms with Crippen molar-refractivity contribution in [3.8, 4) is 0 Å². The Labute approximate surface area is 124 Å². The number of benzene rings is 1. The van der Waals surface area contributed by atoms with Crippen LogP contribution in [0.4, 0.5) is 10.2 Å². The third kappa shape index (κ3) is 2.34. The third-order valence-corrected chi connectivity index (χ3v) is 4.56. The molecule has 7 heteroatoms. The zero-order chi connectivity index (χ0) is 15.0. The summed E-state index contributed by atoms with van der Waals surface area (Å²) in [6.45, 7) is 1.89. The van der Waals surface area contributed by atoms with Gasteiger partial charge in [-0.3, -0.25) is 0 Å². The first-order valence-electron chi connectivity index (χ1n) is 6.31. The highest BCUT2D eigenvalue weighted by molar-refractivity contribution is 7.91. The molecule has 2 aromatic heterocycles. The average molecular weight is 304 g/mol. The van der Waals surface area contributed by atoms with Gasteiger partial charge in [0.05, 0.1) is 0 Å². The van der Waals surface area contributed by atoms with Crippen LogP contribution in [0.1, 0.15) is 5.69 Å². The quantitative estimate of drug-likeness (QED) is 0.755. The first-order valence-corrected chi connectivity index (χ1v) is 7.46. The van der Waals surface area contributed by atoms with E-state index in [1.807, 2.05) is 13.0 Å². The molecule has 0 amide bonds. The Bertz CT molecular complexity index is 788. The number of nitrogens with zero attached hydrogens (tertiary/aromatic N) is 3. The van der Waals surface area contributed by atoms with Crippen LogP contribution in [0.5, 0.6) is 0 Å². The van der Waals surface area contributed by atoms with Crippen LogP contribution in [0.3, 0.4) is 0 Å².